The molecule has 0 radical (unpaired) electrons. The number of halogens is 3. The van der Waals surface area contributed by atoms with Crippen LogP contribution < -0.4 is 52.8 Å². The van der Waals surface area contributed by atoms with Crippen molar-refractivity contribution in [2.75, 3.05) is 0 Å². The summed E-state index contributed by atoms with van der Waals surface area (Å²) in [4.78, 5) is 0. The van der Waals surface area contributed by atoms with Crippen molar-refractivity contribution in [2.45, 2.75) is 27.7 Å². The van der Waals surface area contributed by atoms with Crippen LogP contribution in [0, 0.1) is 5.92 Å². The molecule has 0 aromatic heterocycles. The molecule has 0 bridgehead atoms. The van der Waals surface area contributed by atoms with Gasteiger partial charge in [-0.3, -0.25) is 0 Å². The first-order chi connectivity index (χ1) is 14.1. The van der Waals surface area contributed by atoms with Crippen LogP contribution in [0.15, 0.2) is 112 Å². The predicted molar refractivity (Wildman–Crippen MR) is 124 cm³/mol. The molecule has 0 heterocycles. The zero-order valence-electron chi connectivity index (χ0n) is 18.9. The largest absolute Gasteiger partial charge is 1.00 e. The first-order valence-corrected chi connectivity index (χ1v) is 15.5. The summed E-state index contributed by atoms with van der Waals surface area (Å²) in [5.74, 6) is -1.51. The molecule has 0 nitrogen and oxygen atoms in total. The van der Waals surface area contributed by atoms with Crippen LogP contribution >= 0.6 is 0 Å². The first-order valence-electron chi connectivity index (χ1n) is 10.4. The molecular formula is C27H28Cl3SiTi. The number of hydrogen-bond donors (Lipinski definition) is 0. The van der Waals surface area contributed by atoms with Gasteiger partial charge in [0.1, 0.15) is 0 Å². The van der Waals surface area contributed by atoms with Crippen molar-refractivity contribution in [1.29, 1.82) is 0 Å². The molecule has 0 saturated carbocycles. The molecule has 1 unspecified atom stereocenters. The molecule has 165 valence electrons. The summed E-state index contributed by atoms with van der Waals surface area (Å²) in [6.45, 7) is 9.44. The molecule has 0 spiro atoms. The average Bonchev–Trinajstić information content (AvgIpc) is 2.96. The summed E-state index contributed by atoms with van der Waals surface area (Å²) in [5.41, 5.74) is 4.65. The minimum Gasteiger partial charge on any atom is -1.00 e. The van der Waals surface area contributed by atoms with Gasteiger partial charge in [0.2, 0.25) is 0 Å². The average molecular weight is 535 g/mol. The van der Waals surface area contributed by atoms with E-state index in [9.17, 15) is 0 Å². The molecule has 0 aliphatic heterocycles. The Morgan fingerprint density at radius 2 is 0.906 bits per heavy atom. The molecule has 0 fully saturated rings. The fourth-order valence-electron chi connectivity index (χ4n) is 4.55. The third-order valence-corrected chi connectivity index (χ3v) is 19.2. The van der Waals surface area contributed by atoms with Crippen LogP contribution in [0.3, 0.4) is 0 Å². The van der Waals surface area contributed by atoms with Gasteiger partial charge in [-0.1, -0.05) is 0 Å². The Bertz CT molecular complexity index is 967. The van der Waals surface area contributed by atoms with Gasteiger partial charge in [0.05, 0.1) is 0 Å². The summed E-state index contributed by atoms with van der Waals surface area (Å²) in [7, 11) is 0. The maximum absolute atomic E-state index is 2.42. The summed E-state index contributed by atoms with van der Waals surface area (Å²) < 4.78 is 1.75. The van der Waals surface area contributed by atoms with Gasteiger partial charge in [-0.2, -0.15) is 0 Å². The second kappa shape index (κ2) is 12.4. The van der Waals surface area contributed by atoms with E-state index in [4.69, 9.17) is 0 Å². The fraction of sp³-hybridized carbons (Fsp3) is 0.185. The Kier molecular flexibility index (Phi) is 11.2. The van der Waals surface area contributed by atoms with Crippen LogP contribution in [0.4, 0.5) is 0 Å². The van der Waals surface area contributed by atoms with Crippen molar-refractivity contribution >= 4 is 21.5 Å². The van der Waals surface area contributed by atoms with Gasteiger partial charge in [-0.25, -0.2) is 0 Å². The van der Waals surface area contributed by atoms with E-state index in [-0.39, 0.29) is 37.2 Å². The molecule has 1 aliphatic rings. The molecule has 5 heteroatoms. The first kappa shape index (κ1) is 29.0. The molecule has 1 atom stereocenters. The maximum atomic E-state index is 2.42. The van der Waals surface area contributed by atoms with E-state index in [0.717, 1.165) is 0 Å². The number of hydrogen-bond acceptors (Lipinski definition) is 0. The molecule has 3 aromatic carbocycles. The summed E-state index contributed by atoms with van der Waals surface area (Å²) in [5, 5.41) is 4.64. The third-order valence-electron chi connectivity index (χ3n) is 6.58. The second-order valence-electron chi connectivity index (χ2n) is 8.04. The molecule has 0 amide bonds. The predicted octanol–water partition coefficient (Wildman–Crippen LogP) is -3.99. The number of allylic oxidation sites excluding steroid dienone is 4. The molecule has 0 saturated heterocycles. The second-order valence-corrected chi connectivity index (χ2v) is 17.0. The zero-order valence-corrected chi connectivity index (χ0v) is 23.7. The van der Waals surface area contributed by atoms with E-state index in [2.05, 4.69) is 119 Å². The summed E-state index contributed by atoms with van der Waals surface area (Å²) in [6, 6.07) is 34.1. The molecule has 32 heavy (non-hydrogen) atoms. The molecule has 4 rings (SSSR count). The Hall–Kier alpha value is -1.06. The fourth-order valence-corrected chi connectivity index (χ4v) is 17.7. The van der Waals surface area contributed by atoms with Crippen LogP contribution in [-0.4, -0.2) is 5.94 Å². The topological polar surface area (TPSA) is 0 Å². The molecular weight excluding hydrogens is 507 g/mol. The van der Waals surface area contributed by atoms with Crippen molar-refractivity contribution in [3.63, 3.8) is 0 Å². The van der Waals surface area contributed by atoms with Crippen molar-refractivity contribution in [2.24, 2.45) is 5.92 Å². The van der Waals surface area contributed by atoms with E-state index in [1.165, 1.54) is 5.57 Å². The minimum absolute atomic E-state index is 0. The Balaban J connectivity index is 0.00000171. The van der Waals surface area contributed by atoms with Gasteiger partial charge in [-0.05, 0) is 0 Å². The van der Waals surface area contributed by atoms with Gasteiger partial charge < -0.3 is 37.2 Å². The Labute approximate surface area is 221 Å². The Morgan fingerprint density at radius 3 is 1.19 bits per heavy atom. The van der Waals surface area contributed by atoms with Crippen molar-refractivity contribution < 1.29 is 55.6 Å². The van der Waals surface area contributed by atoms with E-state index in [0.29, 0.717) is 5.92 Å². The van der Waals surface area contributed by atoms with Gasteiger partial charge in [-0.15, -0.1) is 0 Å². The van der Waals surface area contributed by atoms with Crippen LogP contribution in [0.5, 0.6) is 0 Å². The van der Waals surface area contributed by atoms with E-state index in [1.54, 1.807) is 30.6 Å². The van der Waals surface area contributed by atoms with Crippen molar-refractivity contribution in [3.05, 3.63) is 112 Å². The van der Waals surface area contributed by atoms with E-state index >= 15 is 0 Å². The zero-order chi connectivity index (χ0) is 20.4. The van der Waals surface area contributed by atoms with E-state index in [1.807, 2.05) is 0 Å². The standard InChI is InChI=1S/C18H15Si.C9H13.3ClH.Ti/c1-4-10-16(11-5-1)19(17-12-6-2-7-13-17)18-14-8-3-9-15-18;1-6-5-7(2)9(4)8(6)3;;;;/h1-15H;6H,1-4H3;3*1H;/q;;;;;+3/p-3. The van der Waals surface area contributed by atoms with Crippen LogP contribution in [-0.2, 0) is 18.4 Å². The van der Waals surface area contributed by atoms with E-state index < -0.39 is 24.3 Å². The smallest absolute Gasteiger partial charge is 1.00 e. The van der Waals surface area contributed by atoms with Crippen molar-refractivity contribution in [1.82, 2.24) is 0 Å². The van der Waals surface area contributed by atoms with Crippen LogP contribution in [0.1, 0.15) is 27.7 Å². The summed E-state index contributed by atoms with van der Waals surface area (Å²) >= 11 is -0.410. The van der Waals surface area contributed by atoms with Gasteiger partial charge >= 0.3 is 185 Å². The minimum atomic E-state index is -2.09. The summed E-state index contributed by atoms with van der Waals surface area (Å²) in [6.07, 6.45) is 0. The molecule has 0 N–H and O–H groups in total. The van der Waals surface area contributed by atoms with Gasteiger partial charge in [0, 0.05) is 0 Å². The van der Waals surface area contributed by atoms with Crippen molar-refractivity contribution in [3.8, 4) is 0 Å². The molecule has 3 aromatic rings. The van der Waals surface area contributed by atoms with Crippen LogP contribution in [0.25, 0.3) is 0 Å². The number of rotatable bonds is 5. The number of benzene rings is 3. The van der Waals surface area contributed by atoms with Gasteiger partial charge in [0.15, 0.2) is 0 Å². The Morgan fingerprint density at radius 1 is 0.562 bits per heavy atom. The molecule has 1 aliphatic carbocycles. The third kappa shape index (κ3) is 5.20. The monoisotopic (exact) mass is 533 g/mol. The maximum Gasteiger partial charge on any atom is -1.00 e. The quantitative estimate of drug-likeness (QED) is 0.231. The van der Waals surface area contributed by atoms with Crippen LogP contribution in [0.2, 0.25) is 0 Å². The van der Waals surface area contributed by atoms with Gasteiger partial charge in [0.25, 0.3) is 0 Å². The normalized spacial score (nSPS) is 15.3. The SMILES string of the molecule is CC1=C(C)C(C)[C]([Ti+3][Si](c2ccccc2)(c2ccccc2)c2ccccc2)=C1C.[Cl-].[Cl-].[Cl-].